The van der Waals surface area contributed by atoms with E-state index in [2.05, 4.69) is 5.32 Å². The Labute approximate surface area is 195 Å². The molecule has 0 radical (unpaired) electrons. The fourth-order valence-corrected chi connectivity index (χ4v) is 5.62. The van der Waals surface area contributed by atoms with Crippen molar-refractivity contribution in [3.05, 3.63) is 47.5 Å². The van der Waals surface area contributed by atoms with Gasteiger partial charge in [-0.15, -0.1) is 0 Å². The lowest BCUT2D eigenvalue weighted by molar-refractivity contribution is 0.0939. The number of benzene rings is 2. The number of methoxy groups -OCH3 is 3. The molecule has 0 unspecified atom stereocenters. The highest BCUT2D eigenvalue weighted by Gasteiger charge is 2.29. The highest BCUT2D eigenvalue weighted by molar-refractivity contribution is 7.89. The zero-order chi connectivity index (χ0) is 24.0. The molecular formula is C24H32N2O6S. The molecule has 8 nitrogen and oxygen atoms in total. The van der Waals surface area contributed by atoms with Gasteiger partial charge in [-0.2, -0.15) is 4.31 Å². The predicted molar refractivity (Wildman–Crippen MR) is 126 cm³/mol. The Morgan fingerprint density at radius 3 is 2.09 bits per heavy atom. The van der Waals surface area contributed by atoms with Crippen LogP contribution in [-0.2, 0) is 10.0 Å². The predicted octanol–water partition coefficient (Wildman–Crippen LogP) is 3.77. The van der Waals surface area contributed by atoms with Crippen molar-refractivity contribution in [2.45, 2.75) is 43.5 Å². The SMILES string of the molecule is COc1ccc([C@H](C)NC(=O)c2ccc(OC)c(S(=O)(=O)N3CCCCCC3)c2)cc1OC. The third-order valence-corrected chi connectivity index (χ3v) is 7.78. The van der Waals surface area contributed by atoms with E-state index in [0.29, 0.717) is 24.6 Å². The van der Waals surface area contributed by atoms with Crippen molar-refractivity contribution in [1.82, 2.24) is 9.62 Å². The van der Waals surface area contributed by atoms with Crippen LogP contribution in [0.15, 0.2) is 41.3 Å². The maximum absolute atomic E-state index is 13.4. The summed E-state index contributed by atoms with van der Waals surface area (Å²) in [5, 5.41) is 2.92. The molecule has 1 fully saturated rings. The molecule has 2 aromatic rings. The van der Waals surface area contributed by atoms with E-state index < -0.39 is 10.0 Å². The number of hydrogen-bond acceptors (Lipinski definition) is 6. The number of carbonyl (C=O) groups excluding carboxylic acids is 1. The smallest absolute Gasteiger partial charge is 0.251 e. The van der Waals surface area contributed by atoms with Crippen molar-refractivity contribution in [2.24, 2.45) is 0 Å². The number of nitrogens with one attached hydrogen (secondary N) is 1. The van der Waals surface area contributed by atoms with Crippen LogP contribution in [0.1, 0.15) is 54.6 Å². The monoisotopic (exact) mass is 476 g/mol. The van der Waals surface area contributed by atoms with Gasteiger partial charge in [-0.1, -0.05) is 18.9 Å². The summed E-state index contributed by atoms with van der Waals surface area (Å²) in [4.78, 5) is 13.0. The third-order valence-electron chi connectivity index (χ3n) is 5.86. The van der Waals surface area contributed by atoms with Gasteiger partial charge in [0.05, 0.1) is 27.4 Å². The van der Waals surface area contributed by atoms with Crippen LogP contribution in [0.5, 0.6) is 17.2 Å². The topological polar surface area (TPSA) is 94.2 Å². The summed E-state index contributed by atoms with van der Waals surface area (Å²) in [6, 6.07) is 9.57. The quantitative estimate of drug-likeness (QED) is 0.623. The molecule has 0 saturated carbocycles. The minimum absolute atomic E-state index is 0.0123. The van der Waals surface area contributed by atoms with Crippen LogP contribution in [0.3, 0.4) is 0 Å². The summed E-state index contributed by atoms with van der Waals surface area (Å²) >= 11 is 0. The highest BCUT2D eigenvalue weighted by atomic mass is 32.2. The molecule has 1 aliphatic rings. The maximum atomic E-state index is 13.4. The van der Waals surface area contributed by atoms with Gasteiger partial charge in [0, 0.05) is 18.7 Å². The van der Waals surface area contributed by atoms with Crippen LogP contribution in [0.4, 0.5) is 0 Å². The summed E-state index contributed by atoms with van der Waals surface area (Å²) in [5.41, 5.74) is 1.07. The molecule has 2 aromatic carbocycles. The Morgan fingerprint density at radius 1 is 0.879 bits per heavy atom. The molecule has 0 spiro atoms. The van der Waals surface area contributed by atoms with Gasteiger partial charge in [-0.25, -0.2) is 8.42 Å². The Bertz CT molecular complexity index is 1080. The van der Waals surface area contributed by atoms with Crippen LogP contribution in [0.25, 0.3) is 0 Å². The van der Waals surface area contributed by atoms with Crippen molar-refractivity contribution in [1.29, 1.82) is 0 Å². The second-order valence-corrected chi connectivity index (χ2v) is 9.90. The standard InChI is InChI=1S/C24H32N2O6S/c1-17(18-9-11-20(30-2)22(15-18)32-4)25-24(27)19-10-12-21(31-3)23(16-19)33(28,29)26-13-7-5-6-8-14-26/h9-12,15-17H,5-8,13-14H2,1-4H3,(H,25,27)/t17-/m0/s1. The summed E-state index contributed by atoms with van der Waals surface area (Å²) in [6.07, 6.45) is 3.67. The number of carbonyl (C=O) groups is 1. The molecule has 0 aliphatic carbocycles. The molecule has 1 saturated heterocycles. The van der Waals surface area contributed by atoms with E-state index in [4.69, 9.17) is 14.2 Å². The second kappa shape index (κ2) is 10.9. The summed E-state index contributed by atoms with van der Waals surface area (Å²) in [5.74, 6) is 1.00. The van der Waals surface area contributed by atoms with Crippen molar-refractivity contribution in [3.8, 4) is 17.2 Å². The molecular weight excluding hydrogens is 444 g/mol. The first-order valence-corrected chi connectivity index (χ1v) is 12.5. The van der Waals surface area contributed by atoms with E-state index in [1.165, 1.54) is 23.5 Å². The molecule has 1 aliphatic heterocycles. The first-order chi connectivity index (χ1) is 15.8. The Balaban J connectivity index is 1.85. The van der Waals surface area contributed by atoms with Gasteiger partial charge in [-0.05, 0) is 55.7 Å². The van der Waals surface area contributed by atoms with Crippen molar-refractivity contribution in [3.63, 3.8) is 0 Å². The normalized spacial score (nSPS) is 15.9. The Kier molecular flexibility index (Phi) is 8.20. The lowest BCUT2D eigenvalue weighted by Gasteiger charge is -2.22. The number of amides is 1. The summed E-state index contributed by atoms with van der Waals surface area (Å²) in [6.45, 7) is 2.79. The van der Waals surface area contributed by atoms with Gasteiger partial charge in [0.1, 0.15) is 10.6 Å². The molecule has 33 heavy (non-hydrogen) atoms. The van der Waals surface area contributed by atoms with Crippen LogP contribution < -0.4 is 19.5 Å². The zero-order valence-corrected chi connectivity index (χ0v) is 20.4. The van der Waals surface area contributed by atoms with E-state index in [9.17, 15) is 13.2 Å². The van der Waals surface area contributed by atoms with Gasteiger partial charge in [0.2, 0.25) is 10.0 Å². The van der Waals surface area contributed by atoms with E-state index >= 15 is 0 Å². The van der Waals surface area contributed by atoms with Crippen molar-refractivity contribution >= 4 is 15.9 Å². The fraction of sp³-hybridized carbons (Fsp3) is 0.458. The first kappa shape index (κ1) is 24.9. The minimum Gasteiger partial charge on any atom is -0.495 e. The van der Waals surface area contributed by atoms with Gasteiger partial charge >= 0.3 is 0 Å². The Hall–Kier alpha value is -2.78. The van der Waals surface area contributed by atoms with Gasteiger partial charge in [0.25, 0.3) is 5.91 Å². The van der Waals surface area contributed by atoms with Gasteiger partial charge < -0.3 is 19.5 Å². The molecule has 1 atom stereocenters. The molecule has 1 amide bonds. The highest BCUT2D eigenvalue weighted by Crippen LogP contribution is 2.31. The zero-order valence-electron chi connectivity index (χ0n) is 19.6. The number of hydrogen-bond donors (Lipinski definition) is 1. The van der Waals surface area contributed by atoms with E-state index in [-0.39, 0.29) is 28.2 Å². The molecule has 3 rings (SSSR count). The maximum Gasteiger partial charge on any atom is 0.251 e. The second-order valence-electron chi connectivity index (χ2n) is 7.99. The lowest BCUT2D eigenvalue weighted by Crippen LogP contribution is -2.32. The molecule has 180 valence electrons. The average Bonchev–Trinajstić information content (AvgIpc) is 3.13. The molecule has 0 bridgehead atoms. The molecule has 0 aromatic heterocycles. The van der Waals surface area contributed by atoms with Crippen LogP contribution in [0.2, 0.25) is 0 Å². The molecule has 1 N–H and O–H groups in total. The van der Waals surface area contributed by atoms with Crippen LogP contribution in [-0.4, -0.2) is 53.0 Å². The Morgan fingerprint density at radius 2 is 1.48 bits per heavy atom. The van der Waals surface area contributed by atoms with Gasteiger partial charge in [-0.3, -0.25) is 4.79 Å². The van der Waals surface area contributed by atoms with E-state index in [1.54, 1.807) is 32.4 Å². The lowest BCUT2D eigenvalue weighted by atomic mass is 10.1. The minimum atomic E-state index is -3.78. The van der Waals surface area contributed by atoms with Crippen LogP contribution in [0, 0.1) is 0 Å². The summed E-state index contributed by atoms with van der Waals surface area (Å²) in [7, 11) is 0.752. The van der Waals surface area contributed by atoms with Crippen molar-refractivity contribution in [2.75, 3.05) is 34.4 Å². The fourth-order valence-electron chi connectivity index (χ4n) is 3.93. The number of sulfonamides is 1. The molecule has 1 heterocycles. The number of ether oxygens (including phenoxy) is 3. The van der Waals surface area contributed by atoms with E-state index in [0.717, 1.165) is 31.2 Å². The van der Waals surface area contributed by atoms with Gasteiger partial charge in [0.15, 0.2) is 11.5 Å². The average molecular weight is 477 g/mol. The summed E-state index contributed by atoms with van der Waals surface area (Å²) < 4.78 is 44.1. The number of nitrogens with zero attached hydrogens (tertiary/aromatic N) is 1. The largest absolute Gasteiger partial charge is 0.495 e. The number of rotatable bonds is 8. The van der Waals surface area contributed by atoms with Crippen LogP contribution >= 0.6 is 0 Å². The van der Waals surface area contributed by atoms with Crippen molar-refractivity contribution < 1.29 is 27.4 Å². The third kappa shape index (κ3) is 5.59. The van der Waals surface area contributed by atoms with E-state index in [1.807, 2.05) is 13.0 Å². The molecule has 9 heteroatoms. The first-order valence-electron chi connectivity index (χ1n) is 11.0.